The molecule has 0 amide bonds. The van der Waals surface area contributed by atoms with Gasteiger partial charge in [-0.15, -0.1) is 0 Å². The molecule has 0 aromatic heterocycles. The average Bonchev–Trinajstić information content (AvgIpc) is 2.47. The molecular weight excluding hydrogens is 312 g/mol. The highest BCUT2D eigenvalue weighted by atomic mass is 16.7. The molecule has 0 aliphatic rings. The highest BCUT2D eigenvalue weighted by Crippen LogP contribution is 2.23. The fourth-order valence-corrected chi connectivity index (χ4v) is 1.92. The Morgan fingerprint density at radius 1 is 1.25 bits per heavy atom. The fraction of sp³-hybridized carbons (Fsp3) is 0.444. The molecule has 0 aliphatic heterocycles. The lowest BCUT2D eigenvalue weighted by atomic mass is 10.1. The summed E-state index contributed by atoms with van der Waals surface area (Å²) in [5.41, 5.74) is 1.00. The molecule has 0 bridgehead atoms. The van der Waals surface area contributed by atoms with Crippen LogP contribution in [0.3, 0.4) is 0 Å². The van der Waals surface area contributed by atoms with E-state index in [4.69, 9.17) is 19.3 Å². The second-order valence-corrected chi connectivity index (χ2v) is 6.18. The van der Waals surface area contributed by atoms with Crippen LogP contribution in [0.2, 0.25) is 0 Å². The largest absolute Gasteiger partial charge is 0.478 e. The number of carboxylic acid groups (broad SMARTS) is 1. The second-order valence-electron chi connectivity index (χ2n) is 6.18. The van der Waals surface area contributed by atoms with E-state index in [1.54, 1.807) is 12.1 Å². The zero-order chi connectivity index (χ0) is 18.2. The predicted octanol–water partition coefficient (Wildman–Crippen LogP) is 3.04. The number of esters is 1. The van der Waals surface area contributed by atoms with Gasteiger partial charge in [0.05, 0.1) is 0 Å². The van der Waals surface area contributed by atoms with Crippen LogP contribution < -0.4 is 4.74 Å². The van der Waals surface area contributed by atoms with Crippen molar-refractivity contribution in [1.82, 2.24) is 0 Å². The van der Waals surface area contributed by atoms with Gasteiger partial charge in [-0.3, -0.25) is 4.79 Å². The number of aryl methyl sites for hydroxylation is 1. The van der Waals surface area contributed by atoms with E-state index in [1.165, 1.54) is 13.2 Å². The predicted molar refractivity (Wildman–Crippen MR) is 89.8 cm³/mol. The lowest BCUT2D eigenvalue weighted by Crippen LogP contribution is -2.24. The van der Waals surface area contributed by atoms with Crippen LogP contribution >= 0.6 is 0 Å². The zero-order valence-electron chi connectivity index (χ0n) is 14.5. The molecule has 6 heteroatoms. The smallest absolute Gasteiger partial charge is 0.328 e. The van der Waals surface area contributed by atoms with E-state index >= 15 is 0 Å². The third kappa shape index (κ3) is 7.78. The average molecular weight is 336 g/mol. The van der Waals surface area contributed by atoms with E-state index in [9.17, 15) is 9.59 Å². The fourth-order valence-electron chi connectivity index (χ4n) is 1.92. The SMILES string of the molecule is COCOc1cc(CCC(=O)OC(C)(C)C)ccc1/C=C/C(=O)O. The van der Waals surface area contributed by atoms with Gasteiger partial charge in [0.2, 0.25) is 0 Å². The topological polar surface area (TPSA) is 82.1 Å². The third-order valence-corrected chi connectivity index (χ3v) is 2.85. The Morgan fingerprint density at radius 2 is 1.96 bits per heavy atom. The monoisotopic (exact) mass is 336 g/mol. The van der Waals surface area contributed by atoms with Crippen molar-refractivity contribution in [2.45, 2.75) is 39.2 Å². The van der Waals surface area contributed by atoms with E-state index in [1.807, 2.05) is 26.8 Å². The number of carbonyl (C=O) groups excluding carboxylic acids is 1. The molecule has 1 N–H and O–H groups in total. The van der Waals surface area contributed by atoms with Crippen molar-refractivity contribution in [1.29, 1.82) is 0 Å². The number of carboxylic acids is 1. The van der Waals surface area contributed by atoms with Gasteiger partial charge in [-0.2, -0.15) is 0 Å². The molecule has 0 saturated heterocycles. The van der Waals surface area contributed by atoms with Crippen molar-refractivity contribution in [3.05, 3.63) is 35.4 Å². The molecular formula is C18H24O6. The number of aliphatic carboxylic acids is 1. The maximum absolute atomic E-state index is 11.8. The minimum Gasteiger partial charge on any atom is -0.478 e. The maximum atomic E-state index is 11.8. The van der Waals surface area contributed by atoms with E-state index in [2.05, 4.69) is 0 Å². The summed E-state index contributed by atoms with van der Waals surface area (Å²) in [6.07, 6.45) is 3.24. The van der Waals surface area contributed by atoms with Gasteiger partial charge >= 0.3 is 11.9 Å². The summed E-state index contributed by atoms with van der Waals surface area (Å²) in [6, 6.07) is 5.34. The van der Waals surface area contributed by atoms with Crippen LogP contribution in [-0.2, 0) is 25.5 Å². The summed E-state index contributed by atoms with van der Waals surface area (Å²) in [7, 11) is 1.50. The van der Waals surface area contributed by atoms with Crippen molar-refractivity contribution in [2.75, 3.05) is 13.9 Å². The minimum atomic E-state index is -1.04. The summed E-state index contributed by atoms with van der Waals surface area (Å²) >= 11 is 0. The molecule has 0 aliphatic carbocycles. The molecule has 0 saturated carbocycles. The van der Waals surface area contributed by atoms with Gasteiger partial charge in [-0.1, -0.05) is 12.1 Å². The Balaban J connectivity index is 2.81. The molecule has 24 heavy (non-hydrogen) atoms. The summed E-state index contributed by atoms with van der Waals surface area (Å²) in [4.78, 5) is 22.4. The van der Waals surface area contributed by atoms with Crippen molar-refractivity contribution in [2.24, 2.45) is 0 Å². The number of carbonyl (C=O) groups is 2. The third-order valence-electron chi connectivity index (χ3n) is 2.85. The maximum Gasteiger partial charge on any atom is 0.328 e. The van der Waals surface area contributed by atoms with Crippen LogP contribution in [-0.4, -0.2) is 36.5 Å². The molecule has 132 valence electrons. The van der Waals surface area contributed by atoms with Gasteiger partial charge in [0, 0.05) is 25.2 Å². The van der Waals surface area contributed by atoms with Crippen LogP contribution in [0.25, 0.3) is 6.08 Å². The Bertz CT molecular complexity index is 598. The first-order chi connectivity index (χ1) is 11.2. The number of benzene rings is 1. The highest BCUT2D eigenvalue weighted by molar-refractivity contribution is 5.86. The Hall–Kier alpha value is -2.34. The van der Waals surface area contributed by atoms with Gasteiger partial charge in [-0.05, 0) is 44.9 Å². The Morgan fingerprint density at radius 3 is 2.54 bits per heavy atom. The molecule has 1 aromatic carbocycles. The van der Waals surface area contributed by atoms with Gasteiger partial charge in [-0.25, -0.2) is 4.79 Å². The molecule has 0 unspecified atom stereocenters. The number of hydrogen-bond acceptors (Lipinski definition) is 5. The number of rotatable bonds is 8. The van der Waals surface area contributed by atoms with Crippen LogP contribution in [0.1, 0.15) is 38.3 Å². The van der Waals surface area contributed by atoms with E-state index in [0.717, 1.165) is 11.6 Å². The van der Waals surface area contributed by atoms with Gasteiger partial charge < -0.3 is 19.3 Å². The summed E-state index contributed by atoms with van der Waals surface area (Å²) in [5, 5.41) is 8.73. The molecule has 0 atom stereocenters. The molecule has 6 nitrogen and oxygen atoms in total. The zero-order valence-corrected chi connectivity index (χ0v) is 14.5. The normalized spacial score (nSPS) is 11.5. The summed E-state index contributed by atoms with van der Waals surface area (Å²) in [6.45, 7) is 5.52. The second kappa shape index (κ2) is 9.08. The van der Waals surface area contributed by atoms with Gasteiger partial charge in [0.15, 0.2) is 6.79 Å². The van der Waals surface area contributed by atoms with Crippen molar-refractivity contribution >= 4 is 18.0 Å². The van der Waals surface area contributed by atoms with Crippen LogP contribution in [0, 0.1) is 0 Å². The molecule has 1 aromatic rings. The first-order valence-electron chi connectivity index (χ1n) is 7.59. The van der Waals surface area contributed by atoms with Gasteiger partial charge in [0.25, 0.3) is 0 Å². The molecule has 0 spiro atoms. The quantitative estimate of drug-likeness (QED) is 0.446. The van der Waals surface area contributed by atoms with E-state index < -0.39 is 11.6 Å². The number of ether oxygens (including phenoxy) is 3. The molecule has 0 fully saturated rings. The first kappa shape index (κ1) is 19.7. The molecule has 1 rings (SSSR count). The van der Waals surface area contributed by atoms with Crippen LogP contribution in [0.4, 0.5) is 0 Å². The first-order valence-corrected chi connectivity index (χ1v) is 7.59. The Labute approximate surface area is 142 Å². The highest BCUT2D eigenvalue weighted by Gasteiger charge is 2.16. The number of methoxy groups -OCH3 is 1. The summed E-state index contributed by atoms with van der Waals surface area (Å²) in [5.74, 6) is -0.811. The van der Waals surface area contributed by atoms with E-state index in [0.29, 0.717) is 17.7 Å². The van der Waals surface area contributed by atoms with Crippen molar-refractivity contribution in [3.8, 4) is 5.75 Å². The minimum absolute atomic E-state index is 0.0451. The van der Waals surface area contributed by atoms with Crippen LogP contribution in [0.15, 0.2) is 24.3 Å². The van der Waals surface area contributed by atoms with Crippen molar-refractivity contribution < 1.29 is 28.9 Å². The Kier molecular flexibility index (Phi) is 7.45. The standard InChI is InChI=1S/C18H24O6/c1-18(2,3)24-17(21)10-6-13-5-7-14(8-9-16(19)20)15(11-13)23-12-22-4/h5,7-9,11H,6,10,12H2,1-4H3,(H,19,20)/b9-8+. The molecule has 0 radical (unpaired) electrons. The summed E-state index contributed by atoms with van der Waals surface area (Å²) < 4.78 is 15.6. The van der Waals surface area contributed by atoms with Crippen LogP contribution in [0.5, 0.6) is 5.75 Å². The van der Waals surface area contributed by atoms with Gasteiger partial charge in [0.1, 0.15) is 11.4 Å². The van der Waals surface area contributed by atoms with Crippen molar-refractivity contribution in [3.63, 3.8) is 0 Å². The van der Waals surface area contributed by atoms with E-state index in [-0.39, 0.29) is 19.2 Å². The lowest BCUT2D eigenvalue weighted by Gasteiger charge is -2.19. The molecule has 0 heterocycles. The lowest BCUT2D eigenvalue weighted by molar-refractivity contribution is -0.154. The number of hydrogen-bond donors (Lipinski definition) is 1.